The lowest BCUT2D eigenvalue weighted by atomic mass is 10.1. The molecule has 0 unspecified atom stereocenters. The molecule has 3 heterocycles. The van der Waals surface area contributed by atoms with Crippen LogP contribution in [0, 0.1) is 11.6 Å². The highest BCUT2D eigenvalue weighted by molar-refractivity contribution is 5.80. The molecule has 214 valence electrons. The molecular weight excluding hydrogens is 550 g/mol. The van der Waals surface area contributed by atoms with Gasteiger partial charge in [-0.15, -0.1) is 0 Å². The summed E-state index contributed by atoms with van der Waals surface area (Å²) in [5, 5.41) is 14.2. The molecule has 1 aromatic carbocycles. The Balaban J connectivity index is 0.000000317. The van der Waals surface area contributed by atoms with E-state index in [1.165, 1.54) is 6.07 Å². The Bertz CT molecular complexity index is 1140. The van der Waals surface area contributed by atoms with Gasteiger partial charge in [-0.1, -0.05) is 18.2 Å². The Morgan fingerprint density at radius 2 is 1.49 bits per heavy atom. The number of aliphatic carboxylic acids is 2. The third kappa shape index (κ3) is 8.87. The Morgan fingerprint density at radius 3 is 2.00 bits per heavy atom. The van der Waals surface area contributed by atoms with Crippen LogP contribution in [0.4, 0.5) is 35.1 Å². The molecule has 1 amide bonds. The van der Waals surface area contributed by atoms with E-state index in [1.54, 1.807) is 17.2 Å². The molecule has 39 heavy (non-hydrogen) atoms. The van der Waals surface area contributed by atoms with Gasteiger partial charge < -0.3 is 15.1 Å². The molecule has 8 nitrogen and oxygen atoms in total. The highest BCUT2D eigenvalue weighted by atomic mass is 19.4. The van der Waals surface area contributed by atoms with Crippen LogP contribution in [-0.2, 0) is 27.5 Å². The third-order valence-electron chi connectivity index (χ3n) is 5.68. The van der Waals surface area contributed by atoms with Crippen LogP contribution in [0.1, 0.15) is 24.1 Å². The van der Waals surface area contributed by atoms with E-state index in [0.29, 0.717) is 13.0 Å². The number of pyridine rings is 1. The fourth-order valence-corrected chi connectivity index (χ4v) is 3.97. The zero-order chi connectivity index (χ0) is 29.5. The highest BCUT2D eigenvalue weighted by Crippen LogP contribution is 2.34. The monoisotopic (exact) mass is 571 g/mol. The second kappa shape index (κ2) is 12.8. The molecule has 2 aromatic rings. The van der Waals surface area contributed by atoms with E-state index >= 15 is 0 Å². The molecule has 16 heteroatoms. The maximum atomic E-state index is 14.0. The van der Waals surface area contributed by atoms with Gasteiger partial charge in [-0.3, -0.25) is 14.7 Å². The first-order valence-corrected chi connectivity index (χ1v) is 11.0. The summed E-state index contributed by atoms with van der Waals surface area (Å²) in [5.41, 5.74) is 1.21. The van der Waals surface area contributed by atoms with Crippen LogP contribution in [0.25, 0.3) is 0 Å². The zero-order valence-electron chi connectivity index (χ0n) is 19.7. The topological polar surface area (TPSA) is 111 Å². The number of carboxylic acids is 2. The Hall–Kier alpha value is -3.82. The molecule has 0 bridgehead atoms. The van der Waals surface area contributed by atoms with Crippen LogP contribution >= 0.6 is 0 Å². The second-order valence-electron chi connectivity index (χ2n) is 8.26. The summed E-state index contributed by atoms with van der Waals surface area (Å²) in [6.07, 6.45) is -7.13. The van der Waals surface area contributed by atoms with Crippen LogP contribution in [0.2, 0.25) is 0 Å². The number of hydrogen-bond donors (Lipinski definition) is 2. The standard InChI is InChI=1S/C19H19F2N3O.2C2HF3O2/c20-15-6-3-4-13(19(15)21)11-24-16-7-9-23(17(16)10-18(24)25)12-14-5-1-2-8-22-14;2*3-2(4,5)1(6)7/h1-6,8,16-17H,7,9-12H2;2*(H,6,7)/t16-,17-;;/m0../s1. The number of nitrogens with zero attached hydrogens (tertiary/aromatic N) is 3. The van der Waals surface area contributed by atoms with E-state index < -0.39 is 35.9 Å². The molecule has 2 fully saturated rings. The second-order valence-corrected chi connectivity index (χ2v) is 8.26. The van der Waals surface area contributed by atoms with Crippen molar-refractivity contribution >= 4 is 17.8 Å². The lowest BCUT2D eigenvalue weighted by molar-refractivity contribution is -0.193. The van der Waals surface area contributed by atoms with Crippen molar-refractivity contribution < 1.29 is 59.7 Å². The molecule has 2 aliphatic rings. The minimum Gasteiger partial charge on any atom is -0.475 e. The lowest BCUT2D eigenvalue weighted by Crippen LogP contribution is -2.37. The number of benzene rings is 1. The van der Waals surface area contributed by atoms with Gasteiger partial charge >= 0.3 is 24.3 Å². The fourth-order valence-electron chi connectivity index (χ4n) is 3.97. The molecule has 0 saturated carbocycles. The average molecular weight is 571 g/mol. The minimum atomic E-state index is -5.08. The van der Waals surface area contributed by atoms with Crippen LogP contribution in [0.5, 0.6) is 0 Å². The Labute approximate surface area is 215 Å². The lowest BCUT2D eigenvalue weighted by Gasteiger charge is -2.25. The maximum absolute atomic E-state index is 14.0. The number of carbonyl (C=O) groups is 3. The Kier molecular flexibility index (Phi) is 10.3. The van der Waals surface area contributed by atoms with Crippen LogP contribution < -0.4 is 0 Å². The largest absolute Gasteiger partial charge is 0.490 e. The van der Waals surface area contributed by atoms with Crippen molar-refractivity contribution in [1.82, 2.24) is 14.8 Å². The van der Waals surface area contributed by atoms with Crippen LogP contribution in [0.3, 0.4) is 0 Å². The summed E-state index contributed by atoms with van der Waals surface area (Å²) < 4.78 is 90.9. The summed E-state index contributed by atoms with van der Waals surface area (Å²) in [6.45, 7) is 1.71. The predicted molar refractivity (Wildman–Crippen MR) is 116 cm³/mol. The van der Waals surface area contributed by atoms with Gasteiger partial charge in [0.05, 0.1) is 5.69 Å². The van der Waals surface area contributed by atoms with Crippen molar-refractivity contribution in [3.05, 3.63) is 65.5 Å². The fraction of sp³-hybridized carbons (Fsp3) is 0.391. The normalized spacial score (nSPS) is 19.0. The number of alkyl halides is 6. The number of rotatable bonds is 4. The van der Waals surface area contributed by atoms with Gasteiger partial charge in [-0.2, -0.15) is 26.3 Å². The van der Waals surface area contributed by atoms with Crippen molar-refractivity contribution in [2.75, 3.05) is 6.54 Å². The first-order valence-electron chi connectivity index (χ1n) is 11.0. The number of carboxylic acid groups (broad SMARTS) is 2. The molecule has 1 aromatic heterocycles. The first kappa shape index (κ1) is 31.4. The summed E-state index contributed by atoms with van der Waals surface area (Å²) in [6, 6.07) is 10.1. The average Bonchev–Trinajstić information content (AvgIpc) is 3.36. The number of hydrogen-bond acceptors (Lipinski definition) is 5. The number of likely N-dealkylation sites (tertiary alicyclic amines) is 2. The molecule has 2 aliphatic heterocycles. The molecule has 2 N–H and O–H groups in total. The van der Waals surface area contributed by atoms with Gasteiger partial charge in [0.1, 0.15) is 0 Å². The van der Waals surface area contributed by atoms with Crippen molar-refractivity contribution in [2.45, 2.75) is 50.4 Å². The number of carbonyl (C=O) groups excluding carboxylic acids is 1. The number of halogens is 8. The SMILES string of the molecule is O=C(O)C(F)(F)F.O=C(O)C(F)(F)F.O=C1C[C@H]2[C@H](CCN2Cc2ccccn2)N1Cc1cccc(F)c1F. The van der Waals surface area contributed by atoms with Crippen LogP contribution in [-0.4, -0.2) is 73.8 Å². The number of amides is 1. The zero-order valence-corrected chi connectivity index (χ0v) is 19.7. The van der Waals surface area contributed by atoms with E-state index in [4.69, 9.17) is 19.8 Å². The maximum Gasteiger partial charge on any atom is 0.490 e. The van der Waals surface area contributed by atoms with Gasteiger partial charge in [-0.25, -0.2) is 18.4 Å². The van der Waals surface area contributed by atoms with E-state index in [-0.39, 0.29) is 30.1 Å². The van der Waals surface area contributed by atoms with Gasteiger partial charge in [0.25, 0.3) is 0 Å². The summed E-state index contributed by atoms with van der Waals surface area (Å²) in [4.78, 5) is 38.6. The van der Waals surface area contributed by atoms with E-state index in [9.17, 15) is 39.9 Å². The molecule has 4 rings (SSSR count). The summed E-state index contributed by atoms with van der Waals surface area (Å²) in [5.74, 6) is -7.24. The van der Waals surface area contributed by atoms with E-state index in [1.807, 2.05) is 18.2 Å². The minimum absolute atomic E-state index is 0.00406. The van der Waals surface area contributed by atoms with E-state index in [2.05, 4.69) is 9.88 Å². The van der Waals surface area contributed by atoms with Crippen molar-refractivity contribution in [1.29, 1.82) is 0 Å². The van der Waals surface area contributed by atoms with Crippen molar-refractivity contribution in [3.8, 4) is 0 Å². The molecule has 0 spiro atoms. The summed E-state index contributed by atoms with van der Waals surface area (Å²) >= 11 is 0. The number of fused-ring (bicyclic) bond motifs is 1. The van der Waals surface area contributed by atoms with Crippen LogP contribution in [0.15, 0.2) is 42.6 Å². The van der Waals surface area contributed by atoms with E-state index in [0.717, 1.165) is 24.7 Å². The molecule has 0 aliphatic carbocycles. The molecule has 2 saturated heterocycles. The Morgan fingerprint density at radius 1 is 0.897 bits per heavy atom. The van der Waals surface area contributed by atoms with Gasteiger partial charge in [0, 0.05) is 49.9 Å². The van der Waals surface area contributed by atoms with Gasteiger partial charge in [-0.05, 0) is 24.6 Å². The molecule has 0 radical (unpaired) electrons. The highest BCUT2D eigenvalue weighted by Gasteiger charge is 2.46. The molecule has 2 atom stereocenters. The molecular formula is C23H21F8N3O5. The quantitative estimate of drug-likeness (QED) is 0.534. The van der Waals surface area contributed by atoms with Crippen molar-refractivity contribution in [2.24, 2.45) is 0 Å². The predicted octanol–water partition coefficient (Wildman–Crippen LogP) is 4.00. The first-order chi connectivity index (χ1) is 18.0. The number of aromatic nitrogens is 1. The van der Waals surface area contributed by atoms with Gasteiger partial charge in [0.15, 0.2) is 11.6 Å². The summed E-state index contributed by atoms with van der Waals surface area (Å²) in [7, 11) is 0. The van der Waals surface area contributed by atoms with Gasteiger partial charge in [0.2, 0.25) is 5.91 Å². The third-order valence-corrected chi connectivity index (χ3v) is 5.68. The van der Waals surface area contributed by atoms with Crippen molar-refractivity contribution in [3.63, 3.8) is 0 Å². The smallest absolute Gasteiger partial charge is 0.475 e.